The molecule has 0 heterocycles. The molecule has 50 heavy (non-hydrogen) atoms. The molecule has 5 rings (SSSR count). The number of anilines is 3. The maximum Gasteiger partial charge on any atom is 0.296 e. The SMILES string of the molecule is COc1cc(N=Nc2c(S(=O)(=O)O)cc3ccc(N=Nc4cc(S(=O)(=O)O)c(N)cc4N)cc3c2O)c(OC)cc1N=Nc1ccc(N)cc1. The predicted molar refractivity (Wildman–Crippen MR) is 183 cm³/mol. The van der Waals surface area contributed by atoms with E-state index < -0.39 is 41.5 Å². The normalized spacial score (nSPS) is 12.4. The van der Waals surface area contributed by atoms with Crippen LogP contribution in [0.4, 0.5) is 51.2 Å². The van der Waals surface area contributed by atoms with Gasteiger partial charge in [-0.15, -0.1) is 20.5 Å². The van der Waals surface area contributed by atoms with Crippen LogP contribution in [0.15, 0.2) is 113 Å². The van der Waals surface area contributed by atoms with Gasteiger partial charge >= 0.3 is 0 Å². The Kier molecular flexibility index (Phi) is 9.63. The van der Waals surface area contributed by atoms with Crippen LogP contribution >= 0.6 is 0 Å². The van der Waals surface area contributed by atoms with Crippen molar-refractivity contribution in [2.45, 2.75) is 9.79 Å². The lowest BCUT2D eigenvalue weighted by Crippen LogP contribution is -2.04. The van der Waals surface area contributed by atoms with Crippen LogP contribution in [0.25, 0.3) is 10.8 Å². The second-order valence-corrected chi connectivity index (χ2v) is 13.0. The van der Waals surface area contributed by atoms with Crippen molar-refractivity contribution < 1.29 is 40.5 Å². The molecule has 0 saturated carbocycles. The lowest BCUT2D eigenvalue weighted by molar-refractivity contribution is 0.405. The third kappa shape index (κ3) is 7.57. The quantitative estimate of drug-likeness (QED) is 0.0480. The summed E-state index contributed by atoms with van der Waals surface area (Å²) in [4.78, 5) is -1.39. The van der Waals surface area contributed by atoms with Crippen molar-refractivity contribution in [3.8, 4) is 17.2 Å². The van der Waals surface area contributed by atoms with Crippen molar-refractivity contribution in [2.24, 2.45) is 30.7 Å². The first-order chi connectivity index (χ1) is 23.6. The first-order valence-electron chi connectivity index (χ1n) is 13.9. The number of benzene rings is 5. The van der Waals surface area contributed by atoms with Crippen molar-refractivity contribution >= 4 is 82.2 Å². The van der Waals surface area contributed by atoms with Crippen molar-refractivity contribution in [1.82, 2.24) is 0 Å². The number of fused-ring (bicyclic) bond motifs is 1. The fourth-order valence-electron chi connectivity index (χ4n) is 4.49. The molecule has 9 N–H and O–H groups in total. The Bertz CT molecular complexity index is 2450. The highest BCUT2D eigenvalue weighted by molar-refractivity contribution is 7.86. The van der Waals surface area contributed by atoms with Gasteiger partial charge in [0.1, 0.15) is 44.0 Å². The van der Waals surface area contributed by atoms with E-state index in [2.05, 4.69) is 30.7 Å². The molecule has 0 bridgehead atoms. The van der Waals surface area contributed by atoms with Gasteiger partial charge in [-0.3, -0.25) is 9.11 Å². The van der Waals surface area contributed by atoms with Gasteiger partial charge in [0.05, 0.1) is 37.0 Å². The molecule has 5 aromatic rings. The molecule has 0 saturated heterocycles. The maximum atomic E-state index is 12.4. The van der Waals surface area contributed by atoms with Crippen molar-refractivity contribution in [3.63, 3.8) is 0 Å². The van der Waals surface area contributed by atoms with Gasteiger partial charge in [-0.1, -0.05) is 6.07 Å². The summed E-state index contributed by atoms with van der Waals surface area (Å²) < 4.78 is 78.3. The molecule has 0 radical (unpaired) electrons. The van der Waals surface area contributed by atoms with Gasteiger partial charge in [0.15, 0.2) is 5.75 Å². The van der Waals surface area contributed by atoms with Crippen LogP contribution in [0.5, 0.6) is 17.2 Å². The third-order valence-electron chi connectivity index (χ3n) is 6.93. The van der Waals surface area contributed by atoms with Crippen molar-refractivity contribution in [3.05, 3.63) is 72.8 Å². The molecule has 0 spiro atoms. The minimum absolute atomic E-state index is 0.0228. The average molecular weight is 722 g/mol. The molecular weight excluding hydrogens is 695 g/mol. The standard InChI is InChI=1S/C30H27N9O9S2/c1-47-25-13-24(26(48-2)12-23(25)37-34-17-7-4-16(31)5-8-17)38-39-29-28(50(44,45)46)9-15-3-6-18(10-19(15)30(29)40)35-36-22-14-27(49(41,42)43)21(33)11-20(22)32/h3-14,40H,31-33H2,1-2H3,(H,41,42,43)(H,44,45,46). The Morgan fingerprint density at radius 1 is 0.580 bits per heavy atom. The molecule has 0 aliphatic rings. The molecule has 5 aromatic carbocycles. The minimum atomic E-state index is -4.94. The van der Waals surface area contributed by atoms with Crippen LogP contribution in [0.3, 0.4) is 0 Å². The van der Waals surface area contributed by atoms with Crippen LogP contribution in [-0.2, 0) is 20.2 Å². The van der Waals surface area contributed by atoms with Gasteiger partial charge in [0.2, 0.25) is 0 Å². The zero-order valence-electron chi connectivity index (χ0n) is 26.0. The van der Waals surface area contributed by atoms with Gasteiger partial charge in [-0.25, -0.2) is 0 Å². The summed E-state index contributed by atoms with van der Waals surface area (Å²) in [6.07, 6.45) is 0. The number of nitrogen functional groups attached to an aromatic ring is 3. The molecule has 0 unspecified atom stereocenters. The van der Waals surface area contributed by atoms with Crippen LogP contribution in [0, 0.1) is 0 Å². The second-order valence-electron chi connectivity index (χ2n) is 10.3. The topological polar surface area (TPSA) is 300 Å². The summed E-state index contributed by atoms with van der Waals surface area (Å²) in [7, 11) is -6.92. The largest absolute Gasteiger partial charge is 0.505 e. The number of nitrogens with zero attached hydrogens (tertiary/aromatic N) is 6. The number of rotatable bonds is 10. The monoisotopic (exact) mass is 721 g/mol. The second kappa shape index (κ2) is 13.7. The average Bonchev–Trinajstić information content (AvgIpc) is 3.06. The highest BCUT2D eigenvalue weighted by atomic mass is 32.2. The molecule has 0 aromatic heterocycles. The molecular formula is C30H27N9O9S2. The number of azo groups is 3. The number of methoxy groups -OCH3 is 2. The molecule has 18 nitrogen and oxygen atoms in total. The van der Waals surface area contributed by atoms with E-state index in [9.17, 15) is 31.0 Å². The lowest BCUT2D eigenvalue weighted by Gasteiger charge is -2.11. The van der Waals surface area contributed by atoms with E-state index in [1.807, 2.05) is 0 Å². The Balaban J connectivity index is 1.56. The Hall–Kier alpha value is -6.22. The van der Waals surface area contributed by atoms with E-state index in [1.165, 1.54) is 44.6 Å². The summed E-state index contributed by atoms with van der Waals surface area (Å²) in [6.45, 7) is 0. The maximum absolute atomic E-state index is 12.4. The summed E-state index contributed by atoms with van der Waals surface area (Å²) in [5.41, 5.74) is 17.5. The number of nitrogens with two attached hydrogens (primary N) is 3. The van der Waals surface area contributed by atoms with E-state index in [-0.39, 0.29) is 56.4 Å². The van der Waals surface area contributed by atoms with Crippen LogP contribution in [0.1, 0.15) is 0 Å². The molecule has 0 atom stereocenters. The number of phenolic OH excluding ortho intramolecular Hbond substituents is 1. The minimum Gasteiger partial charge on any atom is -0.505 e. The van der Waals surface area contributed by atoms with E-state index in [0.717, 1.165) is 18.2 Å². The predicted octanol–water partition coefficient (Wildman–Crippen LogP) is 7.05. The number of ether oxygens (including phenoxy) is 2. The molecule has 0 aliphatic carbocycles. The van der Waals surface area contributed by atoms with Crippen molar-refractivity contribution in [1.29, 1.82) is 0 Å². The van der Waals surface area contributed by atoms with Gasteiger partial charge < -0.3 is 31.8 Å². The van der Waals surface area contributed by atoms with E-state index in [1.54, 1.807) is 24.3 Å². The summed E-state index contributed by atoms with van der Waals surface area (Å²) in [5, 5.41) is 35.7. The van der Waals surface area contributed by atoms with Crippen LogP contribution < -0.4 is 26.7 Å². The molecule has 0 amide bonds. The van der Waals surface area contributed by atoms with Crippen LogP contribution in [0.2, 0.25) is 0 Å². The lowest BCUT2D eigenvalue weighted by atomic mass is 10.1. The fourth-order valence-corrected chi connectivity index (χ4v) is 5.76. The van der Waals surface area contributed by atoms with Crippen molar-refractivity contribution in [2.75, 3.05) is 31.4 Å². The summed E-state index contributed by atoms with van der Waals surface area (Å²) in [6, 6.07) is 16.6. The molecule has 0 aliphatic heterocycles. The summed E-state index contributed by atoms with van der Waals surface area (Å²) >= 11 is 0. The zero-order valence-corrected chi connectivity index (χ0v) is 27.6. The van der Waals surface area contributed by atoms with Gasteiger partial charge in [0, 0.05) is 23.2 Å². The molecule has 0 fully saturated rings. The first-order valence-corrected chi connectivity index (χ1v) is 16.8. The van der Waals surface area contributed by atoms with E-state index >= 15 is 0 Å². The number of phenols is 1. The fraction of sp³-hybridized carbons (Fsp3) is 0.0667. The number of hydrogen-bond donors (Lipinski definition) is 6. The van der Waals surface area contributed by atoms with Crippen LogP contribution in [-0.4, -0.2) is 45.3 Å². The first kappa shape index (κ1) is 35.1. The van der Waals surface area contributed by atoms with Gasteiger partial charge in [0.25, 0.3) is 20.2 Å². The van der Waals surface area contributed by atoms with Gasteiger partial charge in [-0.2, -0.15) is 27.1 Å². The highest BCUT2D eigenvalue weighted by Crippen LogP contribution is 2.45. The Labute approximate surface area is 284 Å². The summed E-state index contributed by atoms with van der Waals surface area (Å²) in [5.74, 6) is -0.384. The zero-order chi connectivity index (χ0) is 36.4. The van der Waals surface area contributed by atoms with E-state index in [0.29, 0.717) is 11.4 Å². The smallest absolute Gasteiger partial charge is 0.296 e. The number of aromatic hydroxyl groups is 1. The Morgan fingerprint density at radius 3 is 1.70 bits per heavy atom. The number of hydrogen-bond acceptors (Lipinski definition) is 16. The van der Waals surface area contributed by atoms with E-state index in [4.69, 9.17) is 26.7 Å². The third-order valence-corrected chi connectivity index (χ3v) is 8.71. The molecule has 20 heteroatoms. The molecule has 258 valence electrons. The Morgan fingerprint density at radius 2 is 1.12 bits per heavy atom. The highest BCUT2D eigenvalue weighted by Gasteiger charge is 2.23. The van der Waals surface area contributed by atoms with Gasteiger partial charge in [-0.05, 0) is 60.0 Å².